The second-order valence-corrected chi connectivity index (χ2v) is 7.20. The number of carbonyl (C=O) groups excluding carboxylic acids is 1. The Morgan fingerprint density at radius 2 is 2.00 bits per heavy atom. The van der Waals surface area contributed by atoms with Gasteiger partial charge in [0.2, 0.25) is 0 Å². The molecule has 24 heavy (non-hydrogen) atoms. The zero-order valence-electron chi connectivity index (χ0n) is 14.8. The number of methoxy groups -OCH3 is 1. The Morgan fingerprint density at radius 3 is 2.58 bits per heavy atom. The molecule has 0 radical (unpaired) electrons. The van der Waals surface area contributed by atoms with Crippen LogP contribution in [0.5, 0.6) is 5.75 Å². The Bertz CT molecular complexity index is 584. The SMILES string of the molecule is COc1c(N)cc(Cl)cc1C(=O)NCCC1(N(C)C)CCCCC1. The van der Waals surface area contributed by atoms with Crippen LogP contribution in [0.2, 0.25) is 5.02 Å². The summed E-state index contributed by atoms with van der Waals surface area (Å²) in [7, 11) is 5.76. The molecule has 0 heterocycles. The molecule has 0 atom stereocenters. The molecule has 134 valence electrons. The molecule has 1 aromatic carbocycles. The number of nitrogen functional groups attached to an aromatic ring is 1. The van der Waals surface area contributed by atoms with E-state index in [1.807, 2.05) is 0 Å². The van der Waals surface area contributed by atoms with Crippen molar-refractivity contribution in [1.82, 2.24) is 10.2 Å². The summed E-state index contributed by atoms with van der Waals surface area (Å²) in [4.78, 5) is 14.8. The van der Waals surface area contributed by atoms with Gasteiger partial charge in [0.05, 0.1) is 18.4 Å². The number of nitrogens with two attached hydrogens (primary N) is 1. The number of anilines is 1. The van der Waals surface area contributed by atoms with Crippen molar-refractivity contribution in [2.45, 2.75) is 44.1 Å². The zero-order chi connectivity index (χ0) is 17.7. The zero-order valence-corrected chi connectivity index (χ0v) is 15.6. The quantitative estimate of drug-likeness (QED) is 0.770. The molecule has 5 nitrogen and oxygen atoms in total. The lowest BCUT2D eigenvalue weighted by molar-refractivity contribution is 0.0834. The van der Waals surface area contributed by atoms with Crippen molar-refractivity contribution >= 4 is 23.2 Å². The van der Waals surface area contributed by atoms with Gasteiger partial charge in [-0.2, -0.15) is 0 Å². The highest BCUT2D eigenvalue weighted by atomic mass is 35.5. The second-order valence-electron chi connectivity index (χ2n) is 6.76. The minimum absolute atomic E-state index is 0.184. The fourth-order valence-electron chi connectivity index (χ4n) is 3.65. The van der Waals surface area contributed by atoms with Crippen molar-refractivity contribution in [2.75, 3.05) is 33.5 Å². The van der Waals surface area contributed by atoms with Crippen LogP contribution in [0, 0.1) is 0 Å². The molecule has 0 bridgehead atoms. The number of nitrogens with zero attached hydrogens (tertiary/aromatic N) is 1. The first-order valence-corrected chi connectivity index (χ1v) is 8.86. The Balaban J connectivity index is 2.03. The number of hydrogen-bond acceptors (Lipinski definition) is 4. The van der Waals surface area contributed by atoms with Gasteiger partial charge in [-0.1, -0.05) is 30.9 Å². The van der Waals surface area contributed by atoms with Crippen molar-refractivity contribution in [3.63, 3.8) is 0 Å². The number of hydrogen-bond donors (Lipinski definition) is 2. The minimum atomic E-state index is -0.203. The lowest BCUT2D eigenvalue weighted by Gasteiger charge is -2.43. The summed E-state index contributed by atoms with van der Waals surface area (Å²) < 4.78 is 5.25. The molecule has 1 saturated carbocycles. The first-order chi connectivity index (χ1) is 11.4. The van der Waals surface area contributed by atoms with Gasteiger partial charge in [0.25, 0.3) is 5.91 Å². The average Bonchev–Trinajstić information content (AvgIpc) is 2.54. The summed E-state index contributed by atoms with van der Waals surface area (Å²) in [5, 5.41) is 3.42. The normalized spacial score (nSPS) is 16.9. The van der Waals surface area contributed by atoms with E-state index >= 15 is 0 Å². The van der Waals surface area contributed by atoms with Crippen LogP contribution in [-0.4, -0.2) is 44.1 Å². The maximum absolute atomic E-state index is 12.5. The minimum Gasteiger partial charge on any atom is -0.494 e. The number of halogens is 1. The van der Waals surface area contributed by atoms with Crippen LogP contribution in [0.3, 0.4) is 0 Å². The van der Waals surface area contributed by atoms with E-state index in [2.05, 4.69) is 24.3 Å². The topological polar surface area (TPSA) is 67.6 Å². The lowest BCUT2D eigenvalue weighted by atomic mass is 9.78. The highest BCUT2D eigenvalue weighted by Gasteiger charge is 2.33. The van der Waals surface area contributed by atoms with Crippen molar-refractivity contribution in [3.8, 4) is 5.75 Å². The van der Waals surface area contributed by atoms with E-state index in [4.69, 9.17) is 22.1 Å². The van der Waals surface area contributed by atoms with Crippen LogP contribution in [0.25, 0.3) is 0 Å². The molecule has 2 rings (SSSR count). The first kappa shape index (κ1) is 18.9. The molecule has 1 fully saturated rings. The summed E-state index contributed by atoms with van der Waals surface area (Å²) in [5.74, 6) is 0.169. The summed E-state index contributed by atoms with van der Waals surface area (Å²) in [6, 6.07) is 3.18. The summed E-state index contributed by atoms with van der Waals surface area (Å²) >= 11 is 6.02. The Hall–Kier alpha value is -1.46. The van der Waals surface area contributed by atoms with Gasteiger partial charge in [0.15, 0.2) is 5.75 Å². The number of benzene rings is 1. The third kappa shape index (κ3) is 4.14. The highest BCUT2D eigenvalue weighted by molar-refractivity contribution is 6.31. The fourth-order valence-corrected chi connectivity index (χ4v) is 3.87. The lowest BCUT2D eigenvalue weighted by Crippen LogP contribution is -2.48. The van der Waals surface area contributed by atoms with Crippen LogP contribution in [0.1, 0.15) is 48.9 Å². The largest absolute Gasteiger partial charge is 0.494 e. The molecule has 0 saturated heterocycles. The van der Waals surface area contributed by atoms with Gasteiger partial charge in [-0.05, 0) is 45.5 Å². The maximum Gasteiger partial charge on any atom is 0.255 e. The molecule has 1 aliphatic carbocycles. The van der Waals surface area contributed by atoms with Gasteiger partial charge < -0.3 is 20.7 Å². The number of ether oxygens (including phenoxy) is 1. The molecule has 0 aromatic heterocycles. The molecular formula is C18H28ClN3O2. The molecule has 0 unspecified atom stereocenters. The summed E-state index contributed by atoms with van der Waals surface area (Å²) in [5.41, 5.74) is 6.81. The third-order valence-electron chi connectivity index (χ3n) is 5.14. The molecule has 0 aliphatic heterocycles. The second kappa shape index (κ2) is 8.08. The molecule has 6 heteroatoms. The van der Waals surface area contributed by atoms with E-state index in [1.165, 1.54) is 39.2 Å². The van der Waals surface area contributed by atoms with Crippen LogP contribution >= 0.6 is 11.6 Å². The third-order valence-corrected chi connectivity index (χ3v) is 5.36. The van der Waals surface area contributed by atoms with Crippen LogP contribution in [0.4, 0.5) is 5.69 Å². The van der Waals surface area contributed by atoms with E-state index < -0.39 is 0 Å². The molecule has 1 aliphatic rings. The highest BCUT2D eigenvalue weighted by Crippen LogP contribution is 2.35. The molecule has 0 spiro atoms. The predicted molar refractivity (Wildman–Crippen MR) is 98.9 cm³/mol. The number of nitrogens with one attached hydrogen (secondary N) is 1. The molecule has 1 amide bonds. The summed E-state index contributed by atoms with van der Waals surface area (Å²) in [6.45, 7) is 0.618. The fraction of sp³-hybridized carbons (Fsp3) is 0.611. The Morgan fingerprint density at radius 1 is 1.33 bits per heavy atom. The standard InChI is InChI=1S/C18H28ClN3O2/c1-22(2)18(7-5-4-6-8-18)9-10-21-17(23)14-11-13(19)12-15(20)16(14)24-3/h11-12H,4-10,20H2,1-3H3,(H,21,23). The number of amides is 1. The van der Waals surface area contributed by atoms with Gasteiger partial charge in [-0.25, -0.2) is 0 Å². The molecular weight excluding hydrogens is 326 g/mol. The number of rotatable bonds is 6. The van der Waals surface area contributed by atoms with Crippen LogP contribution < -0.4 is 15.8 Å². The van der Waals surface area contributed by atoms with Crippen molar-refractivity contribution in [2.24, 2.45) is 0 Å². The van der Waals surface area contributed by atoms with E-state index in [1.54, 1.807) is 12.1 Å². The van der Waals surface area contributed by atoms with E-state index in [-0.39, 0.29) is 11.4 Å². The smallest absolute Gasteiger partial charge is 0.255 e. The van der Waals surface area contributed by atoms with Crippen molar-refractivity contribution in [1.29, 1.82) is 0 Å². The first-order valence-electron chi connectivity index (χ1n) is 8.48. The van der Waals surface area contributed by atoms with Gasteiger partial charge >= 0.3 is 0 Å². The van der Waals surface area contributed by atoms with Crippen molar-refractivity contribution in [3.05, 3.63) is 22.7 Å². The van der Waals surface area contributed by atoms with E-state index in [0.717, 1.165) is 6.42 Å². The molecule has 1 aromatic rings. The monoisotopic (exact) mass is 353 g/mol. The Kier molecular flexibility index (Phi) is 6.35. The number of carbonyl (C=O) groups is 1. The Labute approximate surface area is 149 Å². The van der Waals surface area contributed by atoms with Gasteiger partial charge in [0, 0.05) is 17.1 Å². The summed E-state index contributed by atoms with van der Waals surface area (Å²) in [6.07, 6.45) is 7.12. The van der Waals surface area contributed by atoms with E-state index in [9.17, 15) is 4.79 Å². The molecule has 3 N–H and O–H groups in total. The van der Waals surface area contributed by atoms with E-state index in [0.29, 0.717) is 28.6 Å². The predicted octanol–water partition coefficient (Wildman–Crippen LogP) is 3.32. The maximum atomic E-state index is 12.5. The van der Waals surface area contributed by atoms with Crippen LogP contribution in [-0.2, 0) is 0 Å². The van der Waals surface area contributed by atoms with Crippen molar-refractivity contribution < 1.29 is 9.53 Å². The van der Waals surface area contributed by atoms with Gasteiger partial charge in [-0.3, -0.25) is 4.79 Å². The van der Waals surface area contributed by atoms with Crippen LogP contribution in [0.15, 0.2) is 12.1 Å². The van der Waals surface area contributed by atoms with Gasteiger partial charge in [-0.15, -0.1) is 0 Å². The average molecular weight is 354 g/mol. The van der Waals surface area contributed by atoms with Gasteiger partial charge in [0.1, 0.15) is 0 Å².